The zero-order chi connectivity index (χ0) is 22.2. The highest BCUT2D eigenvalue weighted by Crippen LogP contribution is 2.49. The molecule has 166 valence electrons. The molecule has 1 heterocycles. The van der Waals surface area contributed by atoms with Crippen LogP contribution < -0.4 is 9.64 Å². The number of benzene rings is 1. The van der Waals surface area contributed by atoms with E-state index in [4.69, 9.17) is 4.74 Å². The van der Waals surface area contributed by atoms with Gasteiger partial charge in [-0.25, -0.2) is 0 Å². The zero-order valence-electron chi connectivity index (χ0n) is 17.2. The Kier molecular flexibility index (Phi) is 6.04. The van der Waals surface area contributed by atoms with Gasteiger partial charge >= 0.3 is 6.18 Å². The topological polar surface area (TPSA) is 70.1 Å². The number of aliphatic hydroxyl groups is 1. The molecule has 0 unspecified atom stereocenters. The first-order valence-corrected chi connectivity index (χ1v) is 9.97. The summed E-state index contributed by atoms with van der Waals surface area (Å²) < 4.78 is 41.5. The maximum Gasteiger partial charge on any atom is 0.422 e. The van der Waals surface area contributed by atoms with Crippen LogP contribution in [-0.2, 0) is 9.59 Å². The monoisotopic (exact) mass is 428 g/mol. The Labute approximate surface area is 173 Å². The van der Waals surface area contributed by atoms with Crippen molar-refractivity contribution in [3.05, 3.63) is 24.3 Å². The van der Waals surface area contributed by atoms with Crippen LogP contribution in [0.4, 0.5) is 18.9 Å². The molecular formula is C21H27F3N2O4. The molecule has 1 aliphatic heterocycles. The van der Waals surface area contributed by atoms with E-state index in [-0.39, 0.29) is 24.0 Å². The van der Waals surface area contributed by atoms with Crippen molar-refractivity contribution in [2.24, 2.45) is 5.41 Å². The minimum Gasteiger partial charge on any atom is -0.484 e. The third-order valence-electron chi connectivity index (χ3n) is 6.18. The fourth-order valence-corrected chi connectivity index (χ4v) is 4.23. The first-order chi connectivity index (χ1) is 13.9. The first-order valence-electron chi connectivity index (χ1n) is 9.97. The van der Waals surface area contributed by atoms with Crippen molar-refractivity contribution in [2.45, 2.75) is 50.3 Å². The highest BCUT2D eigenvalue weighted by atomic mass is 19.4. The number of amides is 2. The van der Waals surface area contributed by atoms with E-state index in [1.54, 1.807) is 31.1 Å². The van der Waals surface area contributed by atoms with Gasteiger partial charge in [-0.15, -0.1) is 0 Å². The van der Waals surface area contributed by atoms with Crippen molar-refractivity contribution in [2.75, 3.05) is 32.1 Å². The minimum absolute atomic E-state index is 0.0348. The van der Waals surface area contributed by atoms with Crippen LogP contribution in [0.5, 0.6) is 5.75 Å². The third-order valence-corrected chi connectivity index (χ3v) is 6.18. The maximum atomic E-state index is 13.2. The van der Waals surface area contributed by atoms with Crippen LogP contribution in [0.3, 0.4) is 0 Å². The largest absolute Gasteiger partial charge is 0.484 e. The van der Waals surface area contributed by atoms with Gasteiger partial charge in [-0.3, -0.25) is 9.59 Å². The first kappa shape index (κ1) is 22.4. The average Bonchev–Trinajstić information content (AvgIpc) is 2.99. The van der Waals surface area contributed by atoms with E-state index in [2.05, 4.69) is 0 Å². The van der Waals surface area contributed by atoms with Crippen LogP contribution in [-0.4, -0.2) is 60.8 Å². The number of carbonyl (C=O) groups is 2. The number of rotatable bonds is 5. The molecule has 2 aliphatic rings. The Morgan fingerprint density at radius 1 is 1.13 bits per heavy atom. The summed E-state index contributed by atoms with van der Waals surface area (Å²) in [5, 5.41) is 10.8. The van der Waals surface area contributed by atoms with Crippen molar-refractivity contribution in [1.82, 2.24) is 4.90 Å². The number of hydrogen-bond donors (Lipinski definition) is 1. The maximum absolute atomic E-state index is 13.2. The van der Waals surface area contributed by atoms with Crippen LogP contribution in [0, 0.1) is 5.41 Å². The minimum atomic E-state index is -4.41. The van der Waals surface area contributed by atoms with Crippen LogP contribution >= 0.6 is 0 Å². The summed E-state index contributed by atoms with van der Waals surface area (Å²) in [6.07, 6.45) is -1.93. The van der Waals surface area contributed by atoms with E-state index in [1.807, 2.05) is 0 Å². The summed E-state index contributed by atoms with van der Waals surface area (Å²) in [6.45, 7) is -0.853. The number of nitrogens with zero attached hydrogens (tertiary/aromatic N) is 2. The molecule has 1 saturated heterocycles. The molecule has 2 amide bonds. The number of anilines is 1. The third kappa shape index (κ3) is 4.88. The molecule has 1 saturated carbocycles. The Bertz CT molecular complexity index is 784. The van der Waals surface area contributed by atoms with E-state index in [0.29, 0.717) is 44.3 Å². The lowest BCUT2D eigenvalue weighted by Crippen LogP contribution is -2.45. The quantitative estimate of drug-likeness (QED) is 0.782. The Morgan fingerprint density at radius 3 is 2.27 bits per heavy atom. The van der Waals surface area contributed by atoms with Crippen molar-refractivity contribution in [1.29, 1.82) is 0 Å². The lowest BCUT2D eigenvalue weighted by Gasteiger charge is -2.41. The van der Waals surface area contributed by atoms with E-state index in [0.717, 1.165) is 0 Å². The Hall–Kier alpha value is -2.29. The van der Waals surface area contributed by atoms with E-state index in [1.165, 1.54) is 17.0 Å². The summed E-state index contributed by atoms with van der Waals surface area (Å²) in [5.41, 5.74) is -1.03. The lowest BCUT2D eigenvalue weighted by molar-refractivity contribution is -0.153. The van der Waals surface area contributed by atoms with Gasteiger partial charge in [-0.2, -0.15) is 13.2 Å². The van der Waals surface area contributed by atoms with Crippen molar-refractivity contribution in [3.8, 4) is 5.75 Å². The van der Waals surface area contributed by atoms with E-state index < -0.39 is 23.8 Å². The molecule has 0 bridgehead atoms. The van der Waals surface area contributed by atoms with Gasteiger partial charge in [0.1, 0.15) is 5.75 Å². The molecule has 1 N–H and O–H groups in total. The van der Waals surface area contributed by atoms with Crippen LogP contribution in [0.25, 0.3) is 0 Å². The summed E-state index contributed by atoms with van der Waals surface area (Å²) in [5.74, 6) is -0.0844. The predicted molar refractivity (Wildman–Crippen MR) is 104 cm³/mol. The fourth-order valence-electron chi connectivity index (χ4n) is 4.23. The standard InChI is InChI=1S/C21H27F3N2O4/c1-25(2)17(27)13-20(29)9-7-19(8-10-20)11-12-26(18(19)28)15-3-5-16(6-4-15)30-14-21(22,23)24/h3-6,29H,7-14H2,1-2H3. The van der Waals surface area contributed by atoms with Gasteiger partial charge in [0.15, 0.2) is 6.61 Å². The highest BCUT2D eigenvalue weighted by molar-refractivity contribution is 6.00. The molecule has 0 atom stereocenters. The molecule has 30 heavy (non-hydrogen) atoms. The summed E-state index contributed by atoms with van der Waals surface area (Å²) >= 11 is 0. The van der Waals surface area contributed by atoms with Gasteiger partial charge in [0, 0.05) is 26.3 Å². The molecule has 3 rings (SSSR count). The molecule has 1 aliphatic carbocycles. The molecule has 1 aromatic carbocycles. The van der Waals surface area contributed by atoms with Crippen LogP contribution in [0.1, 0.15) is 38.5 Å². The van der Waals surface area contributed by atoms with Gasteiger partial charge in [0.05, 0.1) is 17.4 Å². The Morgan fingerprint density at radius 2 is 1.73 bits per heavy atom. The van der Waals surface area contributed by atoms with E-state index in [9.17, 15) is 27.9 Å². The van der Waals surface area contributed by atoms with Gasteiger partial charge in [0.25, 0.3) is 0 Å². The molecule has 2 fully saturated rings. The molecule has 0 aromatic heterocycles. The number of ether oxygens (including phenoxy) is 1. The molecule has 1 spiro atoms. The molecular weight excluding hydrogens is 401 g/mol. The van der Waals surface area contributed by atoms with Crippen molar-refractivity contribution in [3.63, 3.8) is 0 Å². The van der Waals surface area contributed by atoms with Gasteiger partial charge in [-0.1, -0.05) is 0 Å². The van der Waals surface area contributed by atoms with Crippen molar-refractivity contribution >= 4 is 17.5 Å². The number of carbonyl (C=O) groups excluding carboxylic acids is 2. The second-order valence-electron chi connectivity index (χ2n) is 8.57. The molecule has 9 heteroatoms. The second kappa shape index (κ2) is 8.09. The van der Waals surface area contributed by atoms with E-state index >= 15 is 0 Å². The molecule has 1 aromatic rings. The SMILES string of the molecule is CN(C)C(=O)CC1(O)CCC2(CCN(c3ccc(OCC(F)(F)F)cc3)C2=O)CC1. The normalized spacial score (nSPS) is 26.9. The smallest absolute Gasteiger partial charge is 0.422 e. The van der Waals surface area contributed by atoms with Crippen LogP contribution in [0.15, 0.2) is 24.3 Å². The highest BCUT2D eigenvalue weighted by Gasteiger charge is 2.52. The number of alkyl halides is 3. The Balaban J connectivity index is 1.62. The van der Waals surface area contributed by atoms with Crippen molar-refractivity contribution < 1.29 is 32.6 Å². The fraction of sp³-hybridized carbons (Fsp3) is 0.619. The average molecular weight is 428 g/mol. The summed E-state index contributed by atoms with van der Waals surface area (Å²) in [7, 11) is 3.29. The van der Waals surface area contributed by atoms with Gasteiger partial charge in [-0.05, 0) is 56.4 Å². The number of halogens is 3. The summed E-state index contributed by atoms with van der Waals surface area (Å²) in [6, 6.07) is 6.01. The lowest BCUT2D eigenvalue weighted by atomic mass is 9.67. The molecule has 0 radical (unpaired) electrons. The molecule has 6 nitrogen and oxygen atoms in total. The number of hydrogen-bond acceptors (Lipinski definition) is 4. The van der Waals surface area contributed by atoms with Gasteiger partial charge in [0.2, 0.25) is 11.8 Å². The summed E-state index contributed by atoms with van der Waals surface area (Å²) in [4.78, 5) is 28.2. The zero-order valence-corrected chi connectivity index (χ0v) is 17.2. The van der Waals surface area contributed by atoms with Gasteiger partial charge < -0.3 is 19.6 Å². The second-order valence-corrected chi connectivity index (χ2v) is 8.57. The predicted octanol–water partition coefficient (Wildman–Crippen LogP) is 3.13. The van der Waals surface area contributed by atoms with Crippen LogP contribution in [0.2, 0.25) is 0 Å².